The standard InChI is InChI=1S/C16H21N3O2.ClH/c1-10-8-13(6-7-17-10)18-16(21)12-2-4-14-11(9-12)3-5-15(20)19-14;/h2,4,9-10,13,17H,3,5-8H2,1H3,(H,18,21)(H,19,20);1H. The summed E-state index contributed by atoms with van der Waals surface area (Å²) in [5.74, 6) is 0.0252. The Labute approximate surface area is 136 Å². The van der Waals surface area contributed by atoms with Gasteiger partial charge in [0.1, 0.15) is 0 Å². The third-order valence-electron chi connectivity index (χ3n) is 4.22. The van der Waals surface area contributed by atoms with Crippen LogP contribution in [0.2, 0.25) is 0 Å². The predicted molar refractivity (Wildman–Crippen MR) is 88.6 cm³/mol. The van der Waals surface area contributed by atoms with Crippen LogP contribution in [0.15, 0.2) is 18.2 Å². The number of hydrogen-bond acceptors (Lipinski definition) is 3. The fourth-order valence-electron chi connectivity index (χ4n) is 3.06. The van der Waals surface area contributed by atoms with Gasteiger partial charge in [-0.1, -0.05) is 0 Å². The van der Waals surface area contributed by atoms with E-state index in [9.17, 15) is 9.59 Å². The van der Waals surface area contributed by atoms with Gasteiger partial charge in [0.2, 0.25) is 5.91 Å². The molecule has 22 heavy (non-hydrogen) atoms. The first-order valence-electron chi connectivity index (χ1n) is 7.59. The number of benzene rings is 1. The van der Waals surface area contributed by atoms with Crippen LogP contribution in [0.1, 0.15) is 42.1 Å². The van der Waals surface area contributed by atoms with Gasteiger partial charge in [-0.25, -0.2) is 0 Å². The molecule has 1 aromatic rings. The highest BCUT2D eigenvalue weighted by Gasteiger charge is 2.21. The maximum Gasteiger partial charge on any atom is 0.251 e. The van der Waals surface area contributed by atoms with E-state index in [1.165, 1.54) is 0 Å². The number of piperidine rings is 1. The highest BCUT2D eigenvalue weighted by molar-refractivity contribution is 5.98. The summed E-state index contributed by atoms with van der Waals surface area (Å²) in [5.41, 5.74) is 2.55. The molecule has 2 aliphatic rings. The van der Waals surface area contributed by atoms with Gasteiger partial charge in [-0.2, -0.15) is 0 Å². The maximum atomic E-state index is 12.4. The molecular weight excluding hydrogens is 302 g/mol. The molecule has 2 amide bonds. The zero-order valence-corrected chi connectivity index (χ0v) is 13.5. The summed E-state index contributed by atoms with van der Waals surface area (Å²) in [7, 11) is 0. The van der Waals surface area contributed by atoms with E-state index >= 15 is 0 Å². The Kier molecular flexibility index (Phi) is 5.42. The van der Waals surface area contributed by atoms with Gasteiger partial charge in [0.25, 0.3) is 5.91 Å². The van der Waals surface area contributed by atoms with Crippen LogP contribution in [0, 0.1) is 0 Å². The maximum absolute atomic E-state index is 12.4. The highest BCUT2D eigenvalue weighted by atomic mass is 35.5. The molecule has 2 unspecified atom stereocenters. The van der Waals surface area contributed by atoms with Gasteiger partial charge < -0.3 is 16.0 Å². The predicted octanol–water partition coefficient (Wildman–Crippen LogP) is 1.86. The molecule has 2 heterocycles. The van der Waals surface area contributed by atoms with E-state index in [4.69, 9.17) is 0 Å². The summed E-state index contributed by atoms with van der Waals surface area (Å²) in [5, 5.41) is 9.33. The second-order valence-electron chi connectivity index (χ2n) is 5.97. The van der Waals surface area contributed by atoms with E-state index in [0.29, 0.717) is 24.4 Å². The molecule has 6 heteroatoms. The van der Waals surface area contributed by atoms with Crippen molar-refractivity contribution in [2.75, 3.05) is 11.9 Å². The quantitative estimate of drug-likeness (QED) is 0.778. The van der Waals surface area contributed by atoms with Crippen molar-refractivity contribution in [2.24, 2.45) is 0 Å². The number of carbonyl (C=O) groups is 2. The Bertz CT molecular complexity index is 577. The fraction of sp³-hybridized carbons (Fsp3) is 0.500. The van der Waals surface area contributed by atoms with Gasteiger partial charge in [-0.05, 0) is 56.5 Å². The molecule has 1 fully saturated rings. The number of halogens is 1. The summed E-state index contributed by atoms with van der Waals surface area (Å²) in [6.07, 6.45) is 3.13. The largest absolute Gasteiger partial charge is 0.349 e. The molecule has 1 saturated heterocycles. The molecule has 2 atom stereocenters. The molecule has 3 rings (SSSR count). The van der Waals surface area contributed by atoms with Crippen LogP contribution < -0.4 is 16.0 Å². The smallest absolute Gasteiger partial charge is 0.251 e. The molecule has 0 spiro atoms. The second kappa shape index (κ2) is 7.11. The lowest BCUT2D eigenvalue weighted by molar-refractivity contribution is -0.116. The molecule has 0 saturated carbocycles. The van der Waals surface area contributed by atoms with Crippen molar-refractivity contribution in [3.63, 3.8) is 0 Å². The van der Waals surface area contributed by atoms with Crippen molar-refractivity contribution < 1.29 is 9.59 Å². The van der Waals surface area contributed by atoms with E-state index in [0.717, 1.165) is 30.6 Å². The lowest BCUT2D eigenvalue weighted by atomic mass is 9.98. The van der Waals surface area contributed by atoms with E-state index in [2.05, 4.69) is 22.9 Å². The molecule has 0 radical (unpaired) electrons. The number of aryl methyl sites for hydroxylation is 1. The minimum atomic E-state index is -0.0196. The number of fused-ring (bicyclic) bond motifs is 1. The summed E-state index contributed by atoms with van der Waals surface area (Å²) in [6.45, 7) is 3.09. The number of rotatable bonds is 2. The third-order valence-corrected chi connectivity index (χ3v) is 4.22. The lowest BCUT2D eigenvalue weighted by Crippen LogP contribution is -2.46. The summed E-state index contributed by atoms with van der Waals surface area (Å²) in [4.78, 5) is 23.7. The first-order valence-corrected chi connectivity index (χ1v) is 7.59. The molecule has 0 aliphatic carbocycles. The number of amides is 2. The normalized spacial score (nSPS) is 23.8. The Morgan fingerprint density at radius 2 is 2.14 bits per heavy atom. The van der Waals surface area contributed by atoms with Gasteiger partial charge in [-0.3, -0.25) is 9.59 Å². The molecule has 2 aliphatic heterocycles. The monoisotopic (exact) mass is 323 g/mol. The van der Waals surface area contributed by atoms with Crippen molar-refractivity contribution in [3.8, 4) is 0 Å². The molecular formula is C16H22ClN3O2. The zero-order valence-electron chi connectivity index (χ0n) is 12.6. The van der Waals surface area contributed by atoms with Crippen LogP contribution in [-0.4, -0.2) is 30.4 Å². The summed E-state index contributed by atoms with van der Waals surface area (Å²) >= 11 is 0. The Balaban J connectivity index is 0.00000176. The molecule has 0 bridgehead atoms. The number of nitrogens with one attached hydrogen (secondary N) is 3. The second-order valence-corrected chi connectivity index (χ2v) is 5.97. The van der Waals surface area contributed by atoms with Gasteiger partial charge in [-0.15, -0.1) is 12.4 Å². The van der Waals surface area contributed by atoms with Gasteiger partial charge in [0, 0.05) is 29.8 Å². The lowest BCUT2D eigenvalue weighted by Gasteiger charge is -2.28. The molecule has 5 nitrogen and oxygen atoms in total. The Morgan fingerprint density at radius 1 is 1.32 bits per heavy atom. The Morgan fingerprint density at radius 3 is 2.91 bits per heavy atom. The van der Waals surface area contributed by atoms with Crippen LogP contribution in [0.4, 0.5) is 5.69 Å². The highest BCUT2D eigenvalue weighted by Crippen LogP contribution is 2.23. The van der Waals surface area contributed by atoms with Crippen molar-refractivity contribution in [2.45, 2.75) is 44.7 Å². The molecule has 0 aromatic heterocycles. The molecule has 3 N–H and O–H groups in total. The van der Waals surface area contributed by atoms with Crippen molar-refractivity contribution in [1.29, 1.82) is 0 Å². The molecule has 120 valence electrons. The minimum Gasteiger partial charge on any atom is -0.349 e. The topological polar surface area (TPSA) is 70.2 Å². The first kappa shape index (κ1) is 16.8. The van der Waals surface area contributed by atoms with Crippen molar-refractivity contribution >= 4 is 29.9 Å². The van der Waals surface area contributed by atoms with E-state index in [1.807, 2.05) is 12.1 Å². The van der Waals surface area contributed by atoms with E-state index in [-0.39, 0.29) is 30.3 Å². The van der Waals surface area contributed by atoms with Gasteiger partial charge >= 0.3 is 0 Å². The third kappa shape index (κ3) is 3.78. The van der Waals surface area contributed by atoms with E-state index < -0.39 is 0 Å². The number of anilines is 1. The average molecular weight is 324 g/mol. The number of hydrogen-bond donors (Lipinski definition) is 3. The summed E-state index contributed by atoms with van der Waals surface area (Å²) in [6, 6.07) is 6.19. The van der Waals surface area contributed by atoms with Crippen LogP contribution in [0.3, 0.4) is 0 Å². The Hall–Kier alpha value is -1.59. The van der Waals surface area contributed by atoms with Gasteiger partial charge in [0.05, 0.1) is 0 Å². The SMILES string of the molecule is CC1CC(NC(=O)c2ccc3c(c2)CCC(=O)N3)CCN1.Cl. The van der Waals surface area contributed by atoms with Crippen LogP contribution in [0.25, 0.3) is 0 Å². The van der Waals surface area contributed by atoms with Crippen LogP contribution in [0.5, 0.6) is 0 Å². The van der Waals surface area contributed by atoms with Gasteiger partial charge in [0.15, 0.2) is 0 Å². The number of carbonyl (C=O) groups excluding carboxylic acids is 2. The average Bonchev–Trinajstić information content (AvgIpc) is 2.46. The first-order chi connectivity index (χ1) is 10.1. The van der Waals surface area contributed by atoms with Crippen molar-refractivity contribution in [3.05, 3.63) is 29.3 Å². The minimum absolute atomic E-state index is 0. The van der Waals surface area contributed by atoms with Crippen LogP contribution in [-0.2, 0) is 11.2 Å². The fourth-order valence-corrected chi connectivity index (χ4v) is 3.06. The van der Waals surface area contributed by atoms with Crippen molar-refractivity contribution in [1.82, 2.24) is 10.6 Å². The van der Waals surface area contributed by atoms with Crippen LogP contribution >= 0.6 is 12.4 Å². The van der Waals surface area contributed by atoms with E-state index in [1.54, 1.807) is 6.07 Å². The summed E-state index contributed by atoms with van der Waals surface area (Å²) < 4.78 is 0. The zero-order chi connectivity index (χ0) is 14.8. The molecule has 1 aromatic carbocycles.